The van der Waals surface area contributed by atoms with E-state index in [-0.39, 0.29) is 0 Å². The molecule has 4 rings (SSSR count). The molecule has 0 saturated carbocycles. The number of anilines is 2. The molecule has 138 valence electrons. The van der Waals surface area contributed by atoms with Gasteiger partial charge in [0.1, 0.15) is 5.82 Å². The highest BCUT2D eigenvalue weighted by Crippen LogP contribution is 2.26. The van der Waals surface area contributed by atoms with E-state index in [1.165, 1.54) is 11.1 Å². The van der Waals surface area contributed by atoms with Crippen molar-refractivity contribution in [2.45, 2.75) is 39.2 Å². The molecule has 1 aromatic heterocycles. The number of aryl methyl sites for hydroxylation is 1. The third-order valence-corrected chi connectivity index (χ3v) is 5.80. The molecule has 2 aliphatic rings. The molecule has 1 fully saturated rings. The first kappa shape index (κ1) is 17.3. The molecule has 0 unspecified atom stereocenters. The first-order valence-corrected chi connectivity index (χ1v) is 9.91. The summed E-state index contributed by atoms with van der Waals surface area (Å²) in [5.41, 5.74) is 9.83. The van der Waals surface area contributed by atoms with Crippen LogP contribution in [0.1, 0.15) is 36.6 Å². The van der Waals surface area contributed by atoms with Crippen LogP contribution in [0.15, 0.2) is 30.3 Å². The van der Waals surface area contributed by atoms with Crippen molar-refractivity contribution in [3.05, 3.63) is 47.2 Å². The summed E-state index contributed by atoms with van der Waals surface area (Å²) in [6.45, 7) is 6.95. The number of nitrogens with two attached hydrogens (primary N) is 1. The molecule has 0 radical (unpaired) electrons. The van der Waals surface area contributed by atoms with Crippen LogP contribution in [-0.2, 0) is 19.4 Å². The third-order valence-electron chi connectivity index (χ3n) is 5.80. The van der Waals surface area contributed by atoms with Crippen molar-refractivity contribution in [2.75, 3.05) is 36.0 Å². The SMILES string of the molecule is CCc1cc(N2CCC(CN)CC2)nc(N2CCc3ccccc3C2)n1. The molecule has 0 spiro atoms. The Bertz CT molecular complexity index is 752. The Kier molecular flexibility index (Phi) is 5.07. The van der Waals surface area contributed by atoms with E-state index in [9.17, 15) is 0 Å². The average molecular weight is 351 g/mol. The molecule has 0 atom stereocenters. The molecule has 0 amide bonds. The highest BCUT2D eigenvalue weighted by atomic mass is 15.3. The monoisotopic (exact) mass is 351 g/mol. The summed E-state index contributed by atoms with van der Waals surface area (Å²) in [4.78, 5) is 14.5. The fourth-order valence-corrected chi connectivity index (χ4v) is 4.02. The summed E-state index contributed by atoms with van der Waals surface area (Å²) < 4.78 is 0. The number of benzene rings is 1. The molecule has 26 heavy (non-hydrogen) atoms. The molecule has 3 heterocycles. The first-order chi connectivity index (χ1) is 12.8. The molecular weight excluding hydrogens is 322 g/mol. The normalized spacial score (nSPS) is 18.1. The predicted octanol–water partition coefficient (Wildman–Crippen LogP) is 2.78. The summed E-state index contributed by atoms with van der Waals surface area (Å²) in [6.07, 6.45) is 4.32. The highest BCUT2D eigenvalue weighted by Gasteiger charge is 2.23. The van der Waals surface area contributed by atoms with Crippen molar-refractivity contribution in [1.29, 1.82) is 0 Å². The van der Waals surface area contributed by atoms with Crippen LogP contribution in [-0.4, -0.2) is 36.1 Å². The maximum Gasteiger partial charge on any atom is 0.227 e. The summed E-state index contributed by atoms with van der Waals surface area (Å²) in [5.74, 6) is 2.63. The highest BCUT2D eigenvalue weighted by molar-refractivity contribution is 5.48. The Balaban J connectivity index is 1.57. The van der Waals surface area contributed by atoms with Gasteiger partial charge in [-0.1, -0.05) is 31.2 Å². The van der Waals surface area contributed by atoms with Crippen LogP contribution in [0.3, 0.4) is 0 Å². The van der Waals surface area contributed by atoms with Gasteiger partial charge in [-0.15, -0.1) is 0 Å². The van der Waals surface area contributed by atoms with Gasteiger partial charge in [0.05, 0.1) is 0 Å². The molecular formula is C21H29N5. The second-order valence-electron chi connectivity index (χ2n) is 7.48. The smallest absolute Gasteiger partial charge is 0.227 e. The van der Waals surface area contributed by atoms with Gasteiger partial charge in [-0.3, -0.25) is 0 Å². The Morgan fingerprint density at radius 3 is 2.54 bits per heavy atom. The Morgan fingerprint density at radius 1 is 1.04 bits per heavy atom. The largest absolute Gasteiger partial charge is 0.356 e. The molecule has 5 nitrogen and oxygen atoms in total. The van der Waals surface area contributed by atoms with E-state index in [0.717, 1.165) is 75.9 Å². The van der Waals surface area contributed by atoms with Crippen molar-refractivity contribution in [1.82, 2.24) is 9.97 Å². The molecule has 5 heteroatoms. The number of rotatable bonds is 4. The van der Waals surface area contributed by atoms with E-state index < -0.39 is 0 Å². The molecule has 0 aliphatic carbocycles. The lowest BCUT2D eigenvalue weighted by Crippen LogP contribution is -2.37. The quantitative estimate of drug-likeness (QED) is 0.918. The van der Waals surface area contributed by atoms with Crippen molar-refractivity contribution < 1.29 is 0 Å². The van der Waals surface area contributed by atoms with Crippen LogP contribution < -0.4 is 15.5 Å². The van der Waals surface area contributed by atoms with E-state index in [1.54, 1.807) is 0 Å². The van der Waals surface area contributed by atoms with Crippen molar-refractivity contribution in [2.24, 2.45) is 11.7 Å². The number of hydrogen-bond acceptors (Lipinski definition) is 5. The summed E-state index contributed by atoms with van der Waals surface area (Å²) in [5, 5.41) is 0. The number of hydrogen-bond donors (Lipinski definition) is 1. The number of nitrogens with zero attached hydrogens (tertiary/aromatic N) is 4. The van der Waals surface area contributed by atoms with Gasteiger partial charge in [-0.25, -0.2) is 4.98 Å². The van der Waals surface area contributed by atoms with Gasteiger partial charge in [0.25, 0.3) is 0 Å². The van der Waals surface area contributed by atoms with E-state index in [1.807, 2.05) is 0 Å². The maximum absolute atomic E-state index is 5.84. The minimum Gasteiger partial charge on any atom is -0.356 e. The topological polar surface area (TPSA) is 58.3 Å². The second-order valence-corrected chi connectivity index (χ2v) is 7.48. The van der Waals surface area contributed by atoms with Crippen LogP contribution >= 0.6 is 0 Å². The fourth-order valence-electron chi connectivity index (χ4n) is 4.02. The molecule has 2 aliphatic heterocycles. The van der Waals surface area contributed by atoms with E-state index >= 15 is 0 Å². The molecule has 0 bridgehead atoms. The van der Waals surface area contributed by atoms with Gasteiger partial charge in [0.15, 0.2) is 0 Å². The lowest BCUT2D eigenvalue weighted by molar-refractivity contribution is 0.413. The molecule has 2 N–H and O–H groups in total. The standard InChI is InChI=1S/C21H29N5/c1-2-19-13-20(25-10-7-16(14-22)8-11-25)24-21(23-19)26-12-9-17-5-3-4-6-18(17)15-26/h3-6,13,16H,2,7-12,14-15,22H2,1H3. The van der Waals surface area contributed by atoms with E-state index in [2.05, 4.69) is 47.1 Å². The van der Waals surface area contributed by atoms with Crippen LogP contribution in [0.2, 0.25) is 0 Å². The van der Waals surface area contributed by atoms with Crippen LogP contribution in [0.4, 0.5) is 11.8 Å². The second kappa shape index (κ2) is 7.62. The van der Waals surface area contributed by atoms with Crippen molar-refractivity contribution in [3.63, 3.8) is 0 Å². The Labute approximate surface area is 156 Å². The molecule has 1 saturated heterocycles. The zero-order valence-electron chi connectivity index (χ0n) is 15.7. The Morgan fingerprint density at radius 2 is 1.81 bits per heavy atom. The minimum absolute atomic E-state index is 0.664. The van der Waals surface area contributed by atoms with E-state index in [0.29, 0.717) is 5.92 Å². The van der Waals surface area contributed by atoms with Crippen molar-refractivity contribution >= 4 is 11.8 Å². The van der Waals surface area contributed by atoms with Gasteiger partial charge in [0.2, 0.25) is 5.95 Å². The first-order valence-electron chi connectivity index (χ1n) is 9.91. The van der Waals surface area contributed by atoms with Crippen LogP contribution in [0.25, 0.3) is 0 Å². The minimum atomic E-state index is 0.664. The van der Waals surface area contributed by atoms with Crippen LogP contribution in [0, 0.1) is 5.92 Å². The number of aromatic nitrogens is 2. The summed E-state index contributed by atoms with van der Waals surface area (Å²) in [6, 6.07) is 10.9. The lowest BCUT2D eigenvalue weighted by Gasteiger charge is -2.34. The third kappa shape index (κ3) is 3.54. The zero-order chi connectivity index (χ0) is 17.9. The van der Waals surface area contributed by atoms with Crippen molar-refractivity contribution in [3.8, 4) is 0 Å². The molecule has 1 aromatic carbocycles. The lowest BCUT2D eigenvalue weighted by atomic mass is 9.97. The average Bonchev–Trinajstić information content (AvgIpc) is 2.73. The summed E-state index contributed by atoms with van der Waals surface area (Å²) in [7, 11) is 0. The van der Waals surface area contributed by atoms with E-state index in [4.69, 9.17) is 15.7 Å². The fraction of sp³-hybridized carbons (Fsp3) is 0.524. The van der Waals surface area contributed by atoms with Gasteiger partial charge >= 0.3 is 0 Å². The van der Waals surface area contributed by atoms with Crippen LogP contribution in [0.5, 0.6) is 0 Å². The van der Waals surface area contributed by atoms with Gasteiger partial charge in [-0.2, -0.15) is 4.98 Å². The van der Waals surface area contributed by atoms with Gasteiger partial charge in [-0.05, 0) is 49.3 Å². The summed E-state index contributed by atoms with van der Waals surface area (Å²) >= 11 is 0. The maximum atomic E-state index is 5.84. The zero-order valence-corrected chi connectivity index (χ0v) is 15.7. The number of piperidine rings is 1. The molecule has 2 aromatic rings. The number of fused-ring (bicyclic) bond motifs is 1. The Hall–Kier alpha value is -2.14. The van der Waals surface area contributed by atoms with Gasteiger partial charge in [0, 0.05) is 37.9 Å². The predicted molar refractivity (Wildman–Crippen MR) is 107 cm³/mol. The van der Waals surface area contributed by atoms with Gasteiger partial charge < -0.3 is 15.5 Å².